The number of rotatable bonds is 5. The van der Waals surface area contributed by atoms with Crippen LogP contribution in [0.4, 0.5) is 4.79 Å². The second-order valence-electron chi connectivity index (χ2n) is 4.07. The van der Waals surface area contributed by atoms with Crippen molar-refractivity contribution in [3.05, 3.63) is 34.3 Å². The highest BCUT2D eigenvalue weighted by molar-refractivity contribution is 9.10. The number of halogens is 1. The van der Waals surface area contributed by atoms with Crippen LogP contribution in [0.15, 0.2) is 28.7 Å². The van der Waals surface area contributed by atoms with Crippen molar-refractivity contribution in [2.45, 2.75) is 12.5 Å². The standard InChI is InChI=1S/C12H17BrN2O2/c1-15(2)8-7-11(17-12(14)16)9-3-5-10(13)6-4-9/h3-6,11H,7-8H2,1-2H3,(H2,14,16). The lowest BCUT2D eigenvalue weighted by molar-refractivity contribution is 0.0960. The summed E-state index contributed by atoms with van der Waals surface area (Å²) in [6.07, 6.45) is -0.308. The summed E-state index contributed by atoms with van der Waals surface area (Å²) >= 11 is 3.37. The maximum absolute atomic E-state index is 10.9. The predicted molar refractivity (Wildman–Crippen MR) is 70.7 cm³/mol. The first kappa shape index (κ1) is 14.0. The second-order valence-corrected chi connectivity index (χ2v) is 4.98. The number of nitrogens with two attached hydrogens (primary N) is 1. The number of carbonyl (C=O) groups excluding carboxylic acids is 1. The summed E-state index contributed by atoms with van der Waals surface area (Å²) in [5.74, 6) is 0. The molecule has 2 N–H and O–H groups in total. The summed E-state index contributed by atoms with van der Waals surface area (Å²) in [5, 5.41) is 0. The fourth-order valence-electron chi connectivity index (χ4n) is 1.49. The topological polar surface area (TPSA) is 55.6 Å². The Morgan fingerprint density at radius 1 is 1.41 bits per heavy atom. The summed E-state index contributed by atoms with van der Waals surface area (Å²) < 4.78 is 6.12. The van der Waals surface area contributed by atoms with Crippen molar-refractivity contribution in [2.24, 2.45) is 5.73 Å². The largest absolute Gasteiger partial charge is 0.441 e. The van der Waals surface area contributed by atoms with E-state index in [4.69, 9.17) is 10.5 Å². The van der Waals surface area contributed by atoms with Gasteiger partial charge in [0.15, 0.2) is 0 Å². The lowest BCUT2D eigenvalue weighted by atomic mass is 10.1. The molecule has 0 bridgehead atoms. The fourth-order valence-corrected chi connectivity index (χ4v) is 1.75. The van der Waals surface area contributed by atoms with Crippen molar-refractivity contribution in [1.29, 1.82) is 0 Å². The number of hydrogen-bond donors (Lipinski definition) is 1. The fraction of sp³-hybridized carbons (Fsp3) is 0.417. The summed E-state index contributed by atoms with van der Waals surface area (Å²) in [6.45, 7) is 0.827. The molecule has 1 aromatic rings. The Balaban J connectivity index is 2.74. The number of carbonyl (C=O) groups is 1. The molecule has 17 heavy (non-hydrogen) atoms. The van der Waals surface area contributed by atoms with Crippen LogP contribution in [0.2, 0.25) is 0 Å². The van der Waals surface area contributed by atoms with E-state index in [0.717, 1.165) is 23.0 Å². The first-order valence-electron chi connectivity index (χ1n) is 5.35. The maximum Gasteiger partial charge on any atom is 0.405 e. The monoisotopic (exact) mass is 300 g/mol. The molecule has 0 aliphatic heterocycles. The summed E-state index contributed by atoms with van der Waals surface area (Å²) in [6, 6.07) is 7.69. The molecule has 1 rings (SSSR count). The van der Waals surface area contributed by atoms with Crippen molar-refractivity contribution in [1.82, 2.24) is 4.90 Å². The normalized spacial score (nSPS) is 12.5. The van der Waals surface area contributed by atoms with Gasteiger partial charge in [0.25, 0.3) is 0 Å². The zero-order valence-electron chi connectivity index (χ0n) is 10.0. The molecule has 1 atom stereocenters. The van der Waals surface area contributed by atoms with Crippen molar-refractivity contribution in [3.63, 3.8) is 0 Å². The number of benzene rings is 1. The number of nitrogens with zero attached hydrogens (tertiary/aromatic N) is 1. The molecule has 0 spiro atoms. The molecule has 0 saturated carbocycles. The van der Waals surface area contributed by atoms with E-state index in [-0.39, 0.29) is 6.10 Å². The third-order valence-corrected chi connectivity index (χ3v) is 2.87. The van der Waals surface area contributed by atoms with Gasteiger partial charge >= 0.3 is 6.09 Å². The van der Waals surface area contributed by atoms with Gasteiger partial charge in [-0.1, -0.05) is 28.1 Å². The Morgan fingerprint density at radius 3 is 2.47 bits per heavy atom. The zero-order chi connectivity index (χ0) is 12.8. The zero-order valence-corrected chi connectivity index (χ0v) is 11.6. The van der Waals surface area contributed by atoms with Crippen LogP contribution in [0, 0.1) is 0 Å². The molecular formula is C12H17BrN2O2. The predicted octanol–water partition coefficient (Wildman–Crippen LogP) is 2.54. The third-order valence-electron chi connectivity index (χ3n) is 2.34. The molecule has 1 aromatic carbocycles. The molecule has 0 radical (unpaired) electrons. The van der Waals surface area contributed by atoms with Crippen LogP contribution in [0.3, 0.4) is 0 Å². The molecule has 0 heterocycles. The van der Waals surface area contributed by atoms with Crippen LogP contribution in [-0.4, -0.2) is 31.6 Å². The lowest BCUT2D eigenvalue weighted by Gasteiger charge is -2.19. The van der Waals surface area contributed by atoms with E-state index in [1.54, 1.807) is 0 Å². The van der Waals surface area contributed by atoms with Gasteiger partial charge in [0, 0.05) is 17.4 Å². The van der Waals surface area contributed by atoms with Gasteiger partial charge < -0.3 is 15.4 Å². The third kappa shape index (κ3) is 5.19. The molecule has 0 aliphatic rings. The molecule has 1 amide bonds. The van der Waals surface area contributed by atoms with Gasteiger partial charge in [-0.3, -0.25) is 0 Å². The molecule has 0 aliphatic carbocycles. The van der Waals surface area contributed by atoms with Crippen LogP contribution in [-0.2, 0) is 4.74 Å². The average Bonchev–Trinajstić information content (AvgIpc) is 2.25. The molecule has 5 heteroatoms. The van der Waals surface area contributed by atoms with E-state index in [2.05, 4.69) is 15.9 Å². The molecule has 1 unspecified atom stereocenters. The molecule has 94 valence electrons. The summed E-state index contributed by atoms with van der Waals surface area (Å²) in [5.41, 5.74) is 6.04. The van der Waals surface area contributed by atoms with Crippen LogP contribution in [0.25, 0.3) is 0 Å². The first-order chi connectivity index (χ1) is 7.99. The van der Waals surface area contributed by atoms with Gasteiger partial charge in [0.2, 0.25) is 0 Å². The van der Waals surface area contributed by atoms with Crippen LogP contribution < -0.4 is 5.73 Å². The van der Waals surface area contributed by atoms with E-state index in [1.165, 1.54) is 0 Å². The minimum atomic E-state index is -0.739. The Bertz CT molecular complexity index is 365. The van der Waals surface area contributed by atoms with E-state index in [9.17, 15) is 4.79 Å². The van der Waals surface area contributed by atoms with Crippen molar-refractivity contribution >= 4 is 22.0 Å². The van der Waals surface area contributed by atoms with Gasteiger partial charge in [0.05, 0.1) is 0 Å². The van der Waals surface area contributed by atoms with Gasteiger partial charge in [-0.05, 0) is 31.8 Å². The van der Waals surface area contributed by atoms with Crippen molar-refractivity contribution < 1.29 is 9.53 Å². The van der Waals surface area contributed by atoms with Crippen LogP contribution >= 0.6 is 15.9 Å². The van der Waals surface area contributed by atoms with E-state index in [1.807, 2.05) is 43.3 Å². The smallest absolute Gasteiger partial charge is 0.405 e. The molecule has 0 aromatic heterocycles. The Labute approximate surface area is 110 Å². The SMILES string of the molecule is CN(C)CCC(OC(N)=O)c1ccc(Br)cc1. The Hall–Kier alpha value is -1.07. The number of ether oxygens (including phenoxy) is 1. The Morgan fingerprint density at radius 2 is 2.00 bits per heavy atom. The maximum atomic E-state index is 10.9. The number of amides is 1. The molecule has 0 saturated heterocycles. The second kappa shape index (κ2) is 6.61. The molecule has 0 fully saturated rings. The highest BCUT2D eigenvalue weighted by atomic mass is 79.9. The van der Waals surface area contributed by atoms with Crippen LogP contribution in [0.1, 0.15) is 18.1 Å². The van der Waals surface area contributed by atoms with Crippen molar-refractivity contribution in [3.8, 4) is 0 Å². The molecule has 4 nitrogen and oxygen atoms in total. The van der Waals surface area contributed by atoms with Gasteiger partial charge in [-0.2, -0.15) is 0 Å². The minimum Gasteiger partial charge on any atom is -0.441 e. The first-order valence-corrected chi connectivity index (χ1v) is 6.14. The summed E-state index contributed by atoms with van der Waals surface area (Å²) in [4.78, 5) is 12.9. The lowest BCUT2D eigenvalue weighted by Crippen LogP contribution is -2.22. The minimum absolute atomic E-state index is 0.289. The average molecular weight is 301 g/mol. The molecular weight excluding hydrogens is 284 g/mol. The Kier molecular flexibility index (Phi) is 5.44. The van der Waals surface area contributed by atoms with Crippen LogP contribution in [0.5, 0.6) is 0 Å². The quantitative estimate of drug-likeness (QED) is 0.909. The highest BCUT2D eigenvalue weighted by Gasteiger charge is 2.15. The van der Waals surface area contributed by atoms with Gasteiger partial charge in [-0.15, -0.1) is 0 Å². The number of hydrogen-bond acceptors (Lipinski definition) is 3. The number of primary amides is 1. The van der Waals surface area contributed by atoms with Gasteiger partial charge in [0.1, 0.15) is 6.10 Å². The van der Waals surface area contributed by atoms with Gasteiger partial charge in [-0.25, -0.2) is 4.79 Å². The highest BCUT2D eigenvalue weighted by Crippen LogP contribution is 2.23. The van der Waals surface area contributed by atoms with E-state index < -0.39 is 6.09 Å². The summed E-state index contributed by atoms with van der Waals surface area (Å²) in [7, 11) is 3.95. The van der Waals surface area contributed by atoms with E-state index >= 15 is 0 Å². The van der Waals surface area contributed by atoms with Crippen molar-refractivity contribution in [2.75, 3.05) is 20.6 Å². The van der Waals surface area contributed by atoms with E-state index in [0.29, 0.717) is 0 Å².